The van der Waals surface area contributed by atoms with Gasteiger partial charge in [-0.2, -0.15) is 0 Å². The normalized spacial score (nSPS) is 17.7. The summed E-state index contributed by atoms with van der Waals surface area (Å²) in [6.45, 7) is 0. The summed E-state index contributed by atoms with van der Waals surface area (Å²) in [6, 6.07) is 10.7. The average Bonchev–Trinajstić information content (AvgIpc) is 3.09. The van der Waals surface area contributed by atoms with E-state index in [1.165, 1.54) is 36.3 Å². The van der Waals surface area contributed by atoms with Gasteiger partial charge in [-0.25, -0.2) is 0 Å². The van der Waals surface area contributed by atoms with Crippen LogP contribution in [0.5, 0.6) is 0 Å². The molecule has 1 unspecified atom stereocenters. The molecule has 1 fully saturated rings. The molecule has 0 saturated heterocycles. The molecule has 0 spiro atoms. The lowest BCUT2D eigenvalue weighted by atomic mass is 10.2. The summed E-state index contributed by atoms with van der Waals surface area (Å²) in [6.07, 6.45) is 5.56. The van der Waals surface area contributed by atoms with E-state index in [1.807, 2.05) is 11.8 Å². The molecule has 82 valence electrons. The molecule has 1 aliphatic carbocycles. The molecule has 15 heavy (non-hydrogen) atoms. The second-order valence-corrected chi connectivity index (χ2v) is 6.50. The lowest BCUT2D eigenvalue weighted by molar-refractivity contribution is 0.687. The van der Waals surface area contributed by atoms with Gasteiger partial charge in [0.2, 0.25) is 0 Å². The Morgan fingerprint density at radius 1 is 1.27 bits per heavy atom. The third kappa shape index (κ3) is 4.20. The van der Waals surface area contributed by atoms with E-state index in [0.717, 1.165) is 10.7 Å². The fraction of sp³-hybridized carbons (Fsp3) is 0.538. The predicted octanol–water partition coefficient (Wildman–Crippen LogP) is 4.73. The standard InChI is InChI=1S/C13H17BrS/c14-13(11-8-9-11)7-4-10-15-12-5-2-1-3-6-12/h1-3,5-6,11,13H,4,7-10H2. The Kier molecular flexibility index (Phi) is 4.58. The van der Waals surface area contributed by atoms with Gasteiger partial charge in [-0.3, -0.25) is 0 Å². The molecule has 0 amide bonds. The summed E-state index contributed by atoms with van der Waals surface area (Å²) in [4.78, 5) is 2.18. The third-order valence-corrected chi connectivity index (χ3v) is 5.07. The molecular formula is C13H17BrS. The summed E-state index contributed by atoms with van der Waals surface area (Å²) < 4.78 is 0. The topological polar surface area (TPSA) is 0 Å². The smallest absolute Gasteiger partial charge is 0.0174 e. The highest BCUT2D eigenvalue weighted by molar-refractivity contribution is 9.09. The molecule has 1 atom stereocenters. The molecule has 1 aliphatic rings. The molecule has 0 nitrogen and oxygen atoms in total. The maximum atomic E-state index is 3.78. The van der Waals surface area contributed by atoms with E-state index in [2.05, 4.69) is 46.3 Å². The van der Waals surface area contributed by atoms with Crippen molar-refractivity contribution >= 4 is 27.7 Å². The largest absolute Gasteiger partial charge is 0.126 e. The molecule has 1 aromatic rings. The van der Waals surface area contributed by atoms with Gasteiger partial charge < -0.3 is 0 Å². The van der Waals surface area contributed by atoms with Crippen LogP contribution in [0.2, 0.25) is 0 Å². The number of thioether (sulfide) groups is 1. The summed E-state index contributed by atoms with van der Waals surface area (Å²) in [5.41, 5.74) is 0. The van der Waals surface area contributed by atoms with Crippen LogP contribution in [0.4, 0.5) is 0 Å². The van der Waals surface area contributed by atoms with Gasteiger partial charge in [-0.05, 0) is 49.5 Å². The molecule has 0 aromatic heterocycles. The van der Waals surface area contributed by atoms with Crippen LogP contribution in [0.1, 0.15) is 25.7 Å². The third-order valence-electron chi connectivity index (χ3n) is 2.77. The van der Waals surface area contributed by atoms with Gasteiger partial charge in [0, 0.05) is 9.72 Å². The van der Waals surface area contributed by atoms with E-state index in [0.29, 0.717) is 0 Å². The molecule has 0 bridgehead atoms. The van der Waals surface area contributed by atoms with Gasteiger partial charge >= 0.3 is 0 Å². The molecule has 0 heterocycles. The molecule has 1 aromatic carbocycles. The Labute approximate surface area is 105 Å². The highest BCUT2D eigenvalue weighted by atomic mass is 79.9. The van der Waals surface area contributed by atoms with Gasteiger partial charge in [0.05, 0.1) is 0 Å². The number of rotatable bonds is 6. The van der Waals surface area contributed by atoms with Gasteiger partial charge in [0.1, 0.15) is 0 Å². The number of halogens is 1. The van der Waals surface area contributed by atoms with E-state index >= 15 is 0 Å². The number of hydrogen-bond donors (Lipinski definition) is 0. The van der Waals surface area contributed by atoms with Crippen molar-refractivity contribution in [1.29, 1.82) is 0 Å². The molecule has 0 aliphatic heterocycles. The van der Waals surface area contributed by atoms with Crippen LogP contribution in [0.25, 0.3) is 0 Å². The second-order valence-electron chi connectivity index (χ2n) is 4.16. The minimum Gasteiger partial charge on any atom is -0.126 e. The zero-order valence-corrected chi connectivity index (χ0v) is 11.3. The summed E-state index contributed by atoms with van der Waals surface area (Å²) in [5.74, 6) is 2.24. The van der Waals surface area contributed by atoms with E-state index < -0.39 is 0 Å². The summed E-state index contributed by atoms with van der Waals surface area (Å²) >= 11 is 5.76. The van der Waals surface area contributed by atoms with E-state index in [4.69, 9.17) is 0 Å². The van der Waals surface area contributed by atoms with E-state index in [9.17, 15) is 0 Å². The van der Waals surface area contributed by atoms with Crippen molar-refractivity contribution in [1.82, 2.24) is 0 Å². The zero-order chi connectivity index (χ0) is 10.5. The van der Waals surface area contributed by atoms with Gasteiger partial charge in [0.15, 0.2) is 0 Å². The lowest BCUT2D eigenvalue weighted by Crippen LogP contribution is -2.00. The van der Waals surface area contributed by atoms with Crippen molar-refractivity contribution in [3.05, 3.63) is 30.3 Å². The van der Waals surface area contributed by atoms with Crippen molar-refractivity contribution in [2.75, 3.05) is 5.75 Å². The van der Waals surface area contributed by atoms with Crippen LogP contribution in [-0.2, 0) is 0 Å². The van der Waals surface area contributed by atoms with Crippen molar-refractivity contribution in [2.45, 2.75) is 35.4 Å². The molecule has 2 heteroatoms. The SMILES string of the molecule is BrC(CCCSc1ccccc1)C1CC1. The molecule has 2 rings (SSSR count). The summed E-state index contributed by atoms with van der Waals surface area (Å²) in [5, 5.41) is 0. The van der Waals surface area contributed by atoms with Gasteiger partial charge in [-0.1, -0.05) is 34.1 Å². The van der Waals surface area contributed by atoms with Crippen LogP contribution in [0, 0.1) is 5.92 Å². The predicted molar refractivity (Wildman–Crippen MR) is 71.8 cm³/mol. The monoisotopic (exact) mass is 284 g/mol. The number of hydrogen-bond acceptors (Lipinski definition) is 1. The minimum absolute atomic E-state index is 0.786. The Bertz CT molecular complexity index is 282. The Morgan fingerprint density at radius 2 is 2.00 bits per heavy atom. The molecule has 1 saturated carbocycles. The number of benzene rings is 1. The maximum Gasteiger partial charge on any atom is 0.0174 e. The second kappa shape index (κ2) is 5.95. The maximum absolute atomic E-state index is 3.78. The first-order valence-electron chi connectivity index (χ1n) is 5.68. The highest BCUT2D eigenvalue weighted by Crippen LogP contribution is 2.38. The number of alkyl halides is 1. The highest BCUT2D eigenvalue weighted by Gasteiger charge is 2.28. The van der Waals surface area contributed by atoms with Gasteiger partial charge in [0.25, 0.3) is 0 Å². The fourth-order valence-electron chi connectivity index (χ4n) is 1.68. The van der Waals surface area contributed by atoms with Crippen LogP contribution in [0.3, 0.4) is 0 Å². The summed E-state index contributed by atoms with van der Waals surface area (Å²) in [7, 11) is 0. The van der Waals surface area contributed by atoms with Gasteiger partial charge in [-0.15, -0.1) is 11.8 Å². The molecule has 0 N–H and O–H groups in total. The zero-order valence-electron chi connectivity index (χ0n) is 8.86. The van der Waals surface area contributed by atoms with E-state index in [1.54, 1.807) is 0 Å². The van der Waals surface area contributed by atoms with E-state index in [-0.39, 0.29) is 0 Å². The van der Waals surface area contributed by atoms with Crippen molar-refractivity contribution in [3.63, 3.8) is 0 Å². The molecular weight excluding hydrogens is 268 g/mol. The molecule has 0 radical (unpaired) electrons. The Morgan fingerprint density at radius 3 is 2.67 bits per heavy atom. The lowest BCUT2D eigenvalue weighted by Gasteiger charge is -2.07. The minimum atomic E-state index is 0.786. The average molecular weight is 285 g/mol. The van der Waals surface area contributed by atoms with Crippen molar-refractivity contribution < 1.29 is 0 Å². The van der Waals surface area contributed by atoms with Crippen molar-refractivity contribution in [2.24, 2.45) is 5.92 Å². The first kappa shape index (κ1) is 11.5. The van der Waals surface area contributed by atoms with Crippen LogP contribution < -0.4 is 0 Å². The Hall–Kier alpha value is 0.0500. The first-order chi connectivity index (χ1) is 7.36. The fourth-order valence-corrected chi connectivity index (χ4v) is 3.43. The Balaban J connectivity index is 1.58. The van der Waals surface area contributed by atoms with Crippen LogP contribution in [0.15, 0.2) is 35.2 Å². The van der Waals surface area contributed by atoms with Crippen LogP contribution in [-0.4, -0.2) is 10.6 Å². The van der Waals surface area contributed by atoms with Crippen LogP contribution >= 0.6 is 27.7 Å². The first-order valence-corrected chi connectivity index (χ1v) is 7.58. The quantitative estimate of drug-likeness (QED) is 0.413. The van der Waals surface area contributed by atoms with Crippen molar-refractivity contribution in [3.8, 4) is 0 Å².